The minimum atomic E-state index is 0.581. The zero-order chi connectivity index (χ0) is 8.93. The maximum atomic E-state index is 5.42. The monoisotopic (exact) mass is 175 g/mol. The molecule has 1 unspecified atom stereocenters. The summed E-state index contributed by atoms with van der Waals surface area (Å²) in [6.07, 6.45) is 5.43. The molecule has 0 amide bonds. The summed E-state index contributed by atoms with van der Waals surface area (Å²) < 4.78 is 0. The highest BCUT2D eigenvalue weighted by Crippen LogP contribution is 1.98. The maximum Gasteiger partial charge on any atom is 0.157 e. The van der Waals surface area contributed by atoms with Crippen molar-refractivity contribution >= 4 is 6.21 Å². The third-order valence-corrected chi connectivity index (χ3v) is 1.76. The zero-order valence-electron chi connectivity index (χ0n) is 7.18. The first-order valence-electron chi connectivity index (χ1n) is 4.19. The first-order chi connectivity index (χ1) is 6.45. The van der Waals surface area contributed by atoms with Crippen LogP contribution in [0.4, 0.5) is 0 Å². The predicted molar refractivity (Wildman–Crippen MR) is 49.8 cm³/mol. The molecule has 0 fully saturated rings. The highest BCUT2D eigenvalue weighted by Gasteiger charge is 2.06. The van der Waals surface area contributed by atoms with Gasteiger partial charge in [0.2, 0.25) is 0 Å². The van der Waals surface area contributed by atoms with E-state index in [4.69, 9.17) is 4.84 Å². The molecule has 1 aliphatic heterocycles. The molecular weight excluding hydrogens is 164 g/mol. The fourth-order valence-electron chi connectivity index (χ4n) is 1.10. The fraction of sp³-hybridized carbons (Fsp3) is 0.100. The summed E-state index contributed by atoms with van der Waals surface area (Å²) in [5, 5.41) is 4.69. The van der Waals surface area contributed by atoms with Crippen LogP contribution >= 0.6 is 0 Å². The van der Waals surface area contributed by atoms with Crippen molar-refractivity contribution < 1.29 is 10.0 Å². The molecule has 1 aromatic carbocycles. The third-order valence-electron chi connectivity index (χ3n) is 1.76. The average Bonchev–Trinajstić information content (AvgIpc) is 2.69. The van der Waals surface area contributed by atoms with Gasteiger partial charge in [0.25, 0.3) is 0 Å². The van der Waals surface area contributed by atoms with Crippen LogP contribution in [-0.4, -0.2) is 6.21 Å². The van der Waals surface area contributed by atoms with Gasteiger partial charge in [-0.1, -0.05) is 35.4 Å². The van der Waals surface area contributed by atoms with E-state index in [1.54, 1.807) is 6.21 Å². The minimum Gasteiger partial charge on any atom is -0.167 e. The van der Waals surface area contributed by atoms with Gasteiger partial charge < -0.3 is 0 Å². The standard InChI is InChI=1S/C10H10N2O/c1-2-5-10(6-3-1)9-13-12-8-4-7-11-12/h1-8H,9H2/p+1. The molecule has 3 nitrogen and oxygen atoms in total. The second-order valence-electron chi connectivity index (χ2n) is 2.75. The van der Waals surface area contributed by atoms with Crippen molar-refractivity contribution in [2.45, 2.75) is 6.61 Å². The highest BCUT2D eigenvalue weighted by molar-refractivity contribution is 5.70. The topological polar surface area (TPSA) is 26.0 Å². The molecular formula is C10H11N2O+. The Morgan fingerprint density at radius 1 is 1.23 bits per heavy atom. The Balaban J connectivity index is 1.86. The summed E-state index contributed by atoms with van der Waals surface area (Å²) in [4.78, 5) is 5.42. The van der Waals surface area contributed by atoms with Crippen molar-refractivity contribution in [2.24, 2.45) is 5.10 Å². The summed E-state index contributed by atoms with van der Waals surface area (Å²) in [6.45, 7) is 0.581. The molecule has 66 valence electrons. The van der Waals surface area contributed by atoms with Gasteiger partial charge in [0.15, 0.2) is 6.20 Å². The largest absolute Gasteiger partial charge is 0.167 e. The molecule has 0 radical (unpaired) electrons. The lowest BCUT2D eigenvalue weighted by Crippen LogP contribution is -3.00. The summed E-state index contributed by atoms with van der Waals surface area (Å²) in [5.74, 6) is 0. The number of hydrogen-bond acceptors (Lipinski definition) is 2. The van der Waals surface area contributed by atoms with E-state index in [9.17, 15) is 0 Å². The van der Waals surface area contributed by atoms with Crippen LogP contribution in [0.3, 0.4) is 0 Å². The van der Waals surface area contributed by atoms with E-state index < -0.39 is 0 Å². The molecule has 1 aromatic rings. The maximum absolute atomic E-state index is 5.42. The molecule has 0 saturated heterocycles. The first-order valence-corrected chi connectivity index (χ1v) is 4.19. The number of rotatable bonds is 3. The molecule has 1 heterocycles. The molecule has 0 aromatic heterocycles. The lowest BCUT2D eigenvalue weighted by Gasteiger charge is -2.03. The molecule has 0 aliphatic carbocycles. The smallest absolute Gasteiger partial charge is 0.157 e. The van der Waals surface area contributed by atoms with E-state index >= 15 is 0 Å². The Hall–Kier alpha value is -1.45. The minimum absolute atomic E-state index is 0.581. The Labute approximate surface area is 76.9 Å². The molecule has 1 N–H and O–H groups in total. The van der Waals surface area contributed by atoms with E-state index in [-0.39, 0.29) is 0 Å². The number of benzene rings is 1. The number of quaternary nitrogens is 1. The second kappa shape index (κ2) is 3.98. The quantitative estimate of drug-likeness (QED) is 0.712. The summed E-state index contributed by atoms with van der Waals surface area (Å²) in [6, 6.07) is 10.0. The molecule has 0 bridgehead atoms. The van der Waals surface area contributed by atoms with Crippen LogP contribution in [0, 0.1) is 0 Å². The van der Waals surface area contributed by atoms with Crippen molar-refractivity contribution in [1.82, 2.24) is 0 Å². The summed E-state index contributed by atoms with van der Waals surface area (Å²) in [7, 11) is 0. The van der Waals surface area contributed by atoms with E-state index in [0.717, 1.165) is 5.56 Å². The Bertz CT molecular complexity index is 307. The molecule has 13 heavy (non-hydrogen) atoms. The van der Waals surface area contributed by atoms with E-state index in [1.165, 1.54) is 0 Å². The van der Waals surface area contributed by atoms with Gasteiger partial charge in [-0.3, -0.25) is 0 Å². The van der Waals surface area contributed by atoms with Crippen molar-refractivity contribution in [3.63, 3.8) is 0 Å². The number of nitrogens with one attached hydrogen (secondary N) is 1. The highest BCUT2D eigenvalue weighted by atomic mass is 16.7. The number of hydrogen-bond donors (Lipinski definition) is 1. The molecule has 2 rings (SSSR count). The van der Waals surface area contributed by atoms with E-state index in [0.29, 0.717) is 11.8 Å². The van der Waals surface area contributed by atoms with Crippen LogP contribution < -0.4 is 5.17 Å². The number of hydroxylamine groups is 1. The molecule has 3 heteroatoms. The number of allylic oxidation sites excluding steroid dienone is 1. The van der Waals surface area contributed by atoms with Crippen molar-refractivity contribution in [3.05, 3.63) is 48.2 Å². The van der Waals surface area contributed by atoms with Gasteiger partial charge in [-0.2, -0.15) is 4.84 Å². The van der Waals surface area contributed by atoms with E-state index in [1.807, 2.05) is 42.6 Å². The first kappa shape index (κ1) is 8.16. The van der Waals surface area contributed by atoms with Crippen LogP contribution in [0.1, 0.15) is 5.56 Å². The van der Waals surface area contributed by atoms with Gasteiger partial charge in [-0.05, 0) is 10.7 Å². The predicted octanol–water partition coefficient (Wildman–Crippen LogP) is 0.516. The van der Waals surface area contributed by atoms with Crippen molar-refractivity contribution in [3.8, 4) is 0 Å². The lowest BCUT2D eigenvalue weighted by molar-refractivity contribution is -1.06. The summed E-state index contributed by atoms with van der Waals surface area (Å²) >= 11 is 0. The Kier molecular flexibility index (Phi) is 2.50. The summed E-state index contributed by atoms with van der Waals surface area (Å²) in [5.41, 5.74) is 1.16. The van der Waals surface area contributed by atoms with Gasteiger partial charge in [0.05, 0.1) is 6.21 Å². The van der Waals surface area contributed by atoms with Crippen LogP contribution in [0.5, 0.6) is 0 Å². The van der Waals surface area contributed by atoms with Crippen LogP contribution in [-0.2, 0) is 11.4 Å². The normalized spacial score (nSPS) is 19.5. The van der Waals surface area contributed by atoms with Crippen LogP contribution in [0.15, 0.2) is 47.7 Å². The van der Waals surface area contributed by atoms with Crippen LogP contribution in [0.2, 0.25) is 0 Å². The Morgan fingerprint density at radius 3 is 2.77 bits per heavy atom. The van der Waals surface area contributed by atoms with Crippen molar-refractivity contribution in [2.75, 3.05) is 0 Å². The molecule has 0 saturated carbocycles. The zero-order valence-corrected chi connectivity index (χ0v) is 7.18. The SMILES string of the molecule is C1=C[NH+](OCc2ccccc2)N=C1. The molecule has 1 atom stereocenters. The number of nitrogens with zero attached hydrogens (tertiary/aromatic N) is 1. The molecule has 0 spiro atoms. The fourth-order valence-corrected chi connectivity index (χ4v) is 1.10. The second-order valence-corrected chi connectivity index (χ2v) is 2.75. The molecule has 1 aliphatic rings. The van der Waals surface area contributed by atoms with Gasteiger partial charge in [-0.15, -0.1) is 0 Å². The average molecular weight is 175 g/mol. The van der Waals surface area contributed by atoms with Gasteiger partial charge in [0, 0.05) is 6.08 Å². The van der Waals surface area contributed by atoms with Gasteiger partial charge in [-0.25, -0.2) is 0 Å². The Morgan fingerprint density at radius 2 is 2.08 bits per heavy atom. The van der Waals surface area contributed by atoms with Gasteiger partial charge in [0.1, 0.15) is 6.61 Å². The van der Waals surface area contributed by atoms with Crippen molar-refractivity contribution in [1.29, 1.82) is 0 Å². The lowest BCUT2D eigenvalue weighted by atomic mass is 10.2. The van der Waals surface area contributed by atoms with Gasteiger partial charge >= 0.3 is 0 Å². The van der Waals surface area contributed by atoms with E-state index in [2.05, 4.69) is 5.10 Å². The third kappa shape index (κ3) is 2.24. The van der Waals surface area contributed by atoms with Crippen LogP contribution in [0.25, 0.3) is 0 Å².